The first kappa shape index (κ1) is 28.4. The van der Waals surface area contributed by atoms with Gasteiger partial charge in [0.25, 0.3) is 5.91 Å². The minimum atomic E-state index is -4.07. The van der Waals surface area contributed by atoms with Crippen LogP contribution in [-0.4, -0.2) is 34.6 Å². The van der Waals surface area contributed by atoms with Crippen LogP contribution >= 0.6 is 11.6 Å². The number of fused-ring (bicyclic) bond motifs is 2. The molecule has 2 aliphatic rings. The van der Waals surface area contributed by atoms with E-state index in [1.807, 2.05) is 30.3 Å². The number of H-pyrrole nitrogens is 1. The number of aliphatic hydroxyl groups is 1. The van der Waals surface area contributed by atoms with Crippen LogP contribution in [0.1, 0.15) is 41.9 Å². The van der Waals surface area contributed by atoms with Crippen LogP contribution in [0.25, 0.3) is 11.3 Å². The van der Waals surface area contributed by atoms with Gasteiger partial charge in [0.1, 0.15) is 11.4 Å². The quantitative estimate of drug-likeness (QED) is 0.222. The molecule has 218 valence electrons. The van der Waals surface area contributed by atoms with E-state index in [1.54, 1.807) is 6.20 Å². The average Bonchev–Trinajstić information content (AvgIpc) is 3.57. The fraction of sp³-hybridized carbons (Fsp3) is 0.267. The van der Waals surface area contributed by atoms with Crippen molar-refractivity contribution in [3.8, 4) is 11.3 Å². The lowest BCUT2D eigenvalue weighted by Crippen LogP contribution is -2.45. The minimum absolute atomic E-state index is 0.0795. The maximum atomic E-state index is 14.0. The maximum absolute atomic E-state index is 14.0. The van der Waals surface area contributed by atoms with E-state index in [-0.39, 0.29) is 45.8 Å². The number of carbonyl (C=O) groups is 1. The first-order chi connectivity index (χ1) is 20.0. The summed E-state index contributed by atoms with van der Waals surface area (Å²) in [5.41, 5.74) is -0.141. The van der Waals surface area contributed by atoms with Crippen molar-refractivity contribution in [2.45, 2.75) is 41.4 Å². The molecule has 1 amide bonds. The number of carbonyl (C=O) groups excluding carboxylic acids is 1. The van der Waals surface area contributed by atoms with Crippen molar-refractivity contribution in [3.05, 3.63) is 101 Å². The number of nitrogens with one attached hydrogen (secondary N) is 2. The van der Waals surface area contributed by atoms with Crippen molar-refractivity contribution < 1.29 is 31.5 Å². The summed E-state index contributed by atoms with van der Waals surface area (Å²) in [4.78, 5) is 20.2. The molecule has 1 aromatic heterocycles. The molecule has 1 unspecified atom stereocenters. The fourth-order valence-electron chi connectivity index (χ4n) is 6.39. The second-order valence-electron chi connectivity index (χ2n) is 10.9. The van der Waals surface area contributed by atoms with E-state index in [1.165, 1.54) is 12.1 Å². The van der Waals surface area contributed by atoms with E-state index in [9.17, 15) is 31.5 Å². The molecule has 3 N–H and O–H groups in total. The highest BCUT2D eigenvalue weighted by atomic mass is 35.5. The lowest BCUT2D eigenvalue weighted by Gasteiger charge is -2.39. The molecule has 4 atom stereocenters. The SMILES string of the molecule is O=C(Nc1cc(F)c(F)c(F)c1)c1ccc(Cl)c(S(=O)(=O)[C@H]2C3CC[C@H]2C[C@](O)(c2ncc(-c4ccccc4)[nH]2)C3)c1. The second kappa shape index (κ2) is 10.6. The Hall–Kier alpha value is -3.67. The van der Waals surface area contributed by atoms with Gasteiger partial charge >= 0.3 is 0 Å². The summed E-state index contributed by atoms with van der Waals surface area (Å²) in [7, 11) is -4.07. The van der Waals surface area contributed by atoms with Crippen molar-refractivity contribution in [2.24, 2.45) is 11.8 Å². The lowest BCUT2D eigenvalue weighted by atomic mass is 9.76. The number of imidazole rings is 1. The molecule has 4 aromatic rings. The van der Waals surface area contributed by atoms with Gasteiger partial charge in [-0.05, 0) is 61.3 Å². The van der Waals surface area contributed by atoms with Crippen LogP contribution in [0.5, 0.6) is 0 Å². The lowest BCUT2D eigenvalue weighted by molar-refractivity contribution is -0.0309. The topological polar surface area (TPSA) is 112 Å². The molecule has 2 aliphatic carbocycles. The van der Waals surface area contributed by atoms with Crippen LogP contribution in [-0.2, 0) is 15.4 Å². The van der Waals surface area contributed by atoms with Gasteiger partial charge in [0, 0.05) is 23.4 Å². The van der Waals surface area contributed by atoms with Crippen LogP contribution < -0.4 is 5.32 Å². The third kappa shape index (κ3) is 4.99. The largest absolute Gasteiger partial charge is 0.382 e. The Morgan fingerprint density at radius 2 is 1.64 bits per heavy atom. The summed E-state index contributed by atoms with van der Waals surface area (Å²) in [5, 5.41) is 13.0. The van der Waals surface area contributed by atoms with E-state index in [4.69, 9.17) is 11.6 Å². The Balaban J connectivity index is 1.25. The van der Waals surface area contributed by atoms with Gasteiger partial charge in [0.15, 0.2) is 27.3 Å². The van der Waals surface area contributed by atoms with Gasteiger partial charge < -0.3 is 15.4 Å². The molecular weight excluding hydrogens is 591 g/mol. The van der Waals surface area contributed by atoms with Crippen LogP contribution in [0.3, 0.4) is 0 Å². The number of aromatic amines is 1. The number of aromatic nitrogens is 2. The molecular formula is C30H25ClF3N3O4S. The van der Waals surface area contributed by atoms with Gasteiger partial charge in [-0.3, -0.25) is 4.79 Å². The zero-order chi connectivity index (χ0) is 29.8. The van der Waals surface area contributed by atoms with E-state index in [0.29, 0.717) is 30.8 Å². The zero-order valence-corrected chi connectivity index (χ0v) is 23.5. The van der Waals surface area contributed by atoms with Crippen molar-refractivity contribution in [1.29, 1.82) is 0 Å². The van der Waals surface area contributed by atoms with Gasteiger partial charge in [-0.1, -0.05) is 41.9 Å². The Morgan fingerprint density at radius 3 is 2.29 bits per heavy atom. The first-order valence-corrected chi connectivity index (χ1v) is 15.2. The van der Waals surface area contributed by atoms with E-state index in [2.05, 4.69) is 15.3 Å². The summed E-state index contributed by atoms with van der Waals surface area (Å²) in [6.45, 7) is 0. The third-order valence-electron chi connectivity index (χ3n) is 8.24. The van der Waals surface area contributed by atoms with E-state index >= 15 is 0 Å². The predicted molar refractivity (Wildman–Crippen MR) is 150 cm³/mol. The highest BCUT2D eigenvalue weighted by Crippen LogP contribution is 2.54. The Labute approximate surface area is 244 Å². The highest BCUT2D eigenvalue weighted by molar-refractivity contribution is 7.92. The molecule has 12 heteroatoms. The molecule has 2 fully saturated rings. The van der Waals surface area contributed by atoms with E-state index in [0.717, 1.165) is 17.3 Å². The number of nitrogens with zero attached hydrogens (tertiary/aromatic N) is 1. The van der Waals surface area contributed by atoms with Crippen molar-refractivity contribution in [1.82, 2.24) is 9.97 Å². The summed E-state index contributed by atoms with van der Waals surface area (Å²) < 4.78 is 68.5. The molecule has 2 saturated carbocycles. The minimum Gasteiger partial charge on any atom is -0.382 e. The van der Waals surface area contributed by atoms with Crippen molar-refractivity contribution in [2.75, 3.05) is 5.32 Å². The van der Waals surface area contributed by atoms with Crippen molar-refractivity contribution >= 4 is 33.0 Å². The normalized spacial score (nSPS) is 23.6. The summed E-state index contributed by atoms with van der Waals surface area (Å²) >= 11 is 6.34. The Morgan fingerprint density at radius 1 is 1.00 bits per heavy atom. The molecule has 0 aliphatic heterocycles. The predicted octanol–water partition coefficient (Wildman–Crippen LogP) is 6.25. The Bertz CT molecular complexity index is 1760. The number of anilines is 1. The smallest absolute Gasteiger partial charge is 0.255 e. The van der Waals surface area contributed by atoms with Gasteiger partial charge in [0.2, 0.25) is 0 Å². The fourth-order valence-corrected chi connectivity index (χ4v) is 9.23. The van der Waals surface area contributed by atoms with Crippen LogP contribution in [0.2, 0.25) is 5.02 Å². The summed E-state index contributed by atoms with van der Waals surface area (Å²) in [6, 6.07) is 14.4. The monoisotopic (exact) mass is 615 g/mol. The zero-order valence-electron chi connectivity index (χ0n) is 22.0. The number of rotatable bonds is 6. The van der Waals surface area contributed by atoms with Crippen LogP contribution in [0.15, 0.2) is 71.8 Å². The Kier molecular flexibility index (Phi) is 7.15. The molecule has 1 heterocycles. The first-order valence-electron chi connectivity index (χ1n) is 13.3. The maximum Gasteiger partial charge on any atom is 0.255 e. The number of hydrogen-bond acceptors (Lipinski definition) is 5. The van der Waals surface area contributed by atoms with Crippen LogP contribution in [0.4, 0.5) is 18.9 Å². The molecule has 0 spiro atoms. The van der Waals surface area contributed by atoms with Crippen LogP contribution in [0, 0.1) is 29.3 Å². The molecule has 2 bridgehead atoms. The molecule has 0 saturated heterocycles. The molecule has 0 radical (unpaired) electrons. The van der Waals surface area contributed by atoms with Gasteiger partial charge in [0.05, 0.1) is 27.1 Å². The summed E-state index contributed by atoms with van der Waals surface area (Å²) in [6.07, 6.45) is 3.17. The number of amides is 1. The second-order valence-corrected chi connectivity index (χ2v) is 13.4. The number of sulfone groups is 1. The molecule has 7 nitrogen and oxygen atoms in total. The third-order valence-corrected chi connectivity index (χ3v) is 11.1. The van der Waals surface area contributed by atoms with Gasteiger partial charge in [-0.25, -0.2) is 26.6 Å². The number of halogens is 4. The highest BCUT2D eigenvalue weighted by Gasteiger charge is 2.55. The molecule has 3 aromatic carbocycles. The standard InChI is InChI=1S/C30H25ClF3N3O4S/c31-21-9-8-17(28(38)36-20-11-22(32)26(34)23(33)12-20)10-25(21)42(40,41)27-18-6-7-19(27)14-30(39,13-18)29-35-15-24(37-29)16-4-2-1-3-5-16/h1-5,8-12,15,18-19,27,39H,6-7,13-14H2,(H,35,37)(H,36,38)/t18-,19?,27+,30+/m0/s1. The number of benzene rings is 3. The van der Waals surface area contributed by atoms with Crippen molar-refractivity contribution in [3.63, 3.8) is 0 Å². The average molecular weight is 616 g/mol. The van der Waals surface area contributed by atoms with E-state index < -0.39 is 44.0 Å². The molecule has 6 rings (SSSR count). The molecule has 42 heavy (non-hydrogen) atoms. The number of hydrogen-bond donors (Lipinski definition) is 3. The van der Waals surface area contributed by atoms with Gasteiger partial charge in [-0.2, -0.15) is 0 Å². The summed E-state index contributed by atoms with van der Waals surface area (Å²) in [5.74, 6) is -5.89. The van der Waals surface area contributed by atoms with Gasteiger partial charge in [-0.15, -0.1) is 0 Å².